The monoisotopic (exact) mass is 475 g/mol. The van der Waals surface area contributed by atoms with Gasteiger partial charge in [0.25, 0.3) is 0 Å². The Balaban J connectivity index is 1.86. The van der Waals surface area contributed by atoms with Crippen LogP contribution < -0.4 is 15.2 Å². The van der Waals surface area contributed by atoms with Crippen LogP contribution in [0.5, 0.6) is 11.5 Å². The van der Waals surface area contributed by atoms with Crippen molar-refractivity contribution in [3.05, 3.63) is 54.1 Å². The van der Waals surface area contributed by atoms with Gasteiger partial charge in [-0.1, -0.05) is 30.3 Å². The van der Waals surface area contributed by atoms with E-state index in [0.29, 0.717) is 31.7 Å². The standard InChI is InChI=1S/C23H29N3O6S/c1-31-20-9-8-19(14-21(20)32-2)33(29,30)26(15-17-6-4-3-5-7-17)16-22(27)25-12-10-18(11-13-25)23(24)28/h3-9,14,18H,10-13,15-16H2,1-2H3,(H2,24,28). The third kappa shape index (κ3) is 5.82. The Morgan fingerprint density at radius 1 is 1.03 bits per heavy atom. The Bertz CT molecular complexity index is 1080. The number of rotatable bonds is 9. The molecule has 0 atom stereocenters. The van der Waals surface area contributed by atoms with Gasteiger partial charge in [-0.25, -0.2) is 8.42 Å². The number of benzene rings is 2. The Kier molecular flexibility index (Phi) is 7.93. The molecule has 33 heavy (non-hydrogen) atoms. The van der Waals surface area contributed by atoms with Crippen LogP contribution in [-0.4, -0.2) is 63.3 Å². The van der Waals surface area contributed by atoms with E-state index in [0.717, 1.165) is 9.87 Å². The van der Waals surface area contributed by atoms with Gasteiger partial charge in [0.2, 0.25) is 21.8 Å². The van der Waals surface area contributed by atoms with Crippen LogP contribution in [0.25, 0.3) is 0 Å². The number of piperidine rings is 1. The number of carbonyl (C=O) groups is 2. The first-order valence-electron chi connectivity index (χ1n) is 10.6. The van der Waals surface area contributed by atoms with Crippen molar-refractivity contribution >= 4 is 21.8 Å². The summed E-state index contributed by atoms with van der Waals surface area (Å²) < 4.78 is 38.7. The van der Waals surface area contributed by atoms with Crippen LogP contribution in [0.3, 0.4) is 0 Å². The molecular formula is C23H29N3O6S. The molecule has 9 nitrogen and oxygen atoms in total. The summed E-state index contributed by atoms with van der Waals surface area (Å²) in [6.07, 6.45) is 0.949. The maximum atomic E-state index is 13.6. The van der Waals surface area contributed by atoms with Gasteiger partial charge >= 0.3 is 0 Å². The second kappa shape index (κ2) is 10.7. The molecule has 1 aliphatic heterocycles. The molecule has 0 saturated carbocycles. The lowest BCUT2D eigenvalue weighted by Gasteiger charge is -2.32. The molecule has 2 aromatic carbocycles. The summed E-state index contributed by atoms with van der Waals surface area (Å²) >= 11 is 0. The van der Waals surface area contributed by atoms with Crippen molar-refractivity contribution in [2.24, 2.45) is 11.7 Å². The van der Waals surface area contributed by atoms with Crippen LogP contribution in [0, 0.1) is 5.92 Å². The number of carbonyl (C=O) groups excluding carboxylic acids is 2. The fraction of sp³-hybridized carbons (Fsp3) is 0.391. The largest absolute Gasteiger partial charge is 0.493 e. The Hall–Kier alpha value is -3.11. The molecule has 1 heterocycles. The van der Waals surface area contributed by atoms with Gasteiger partial charge in [0.15, 0.2) is 11.5 Å². The summed E-state index contributed by atoms with van der Waals surface area (Å²) in [6, 6.07) is 13.4. The SMILES string of the molecule is COc1ccc(S(=O)(=O)N(CC(=O)N2CCC(C(N)=O)CC2)Cc2ccccc2)cc1OC. The van der Waals surface area contributed by atoms with Crippen LogP contribution in [0.2, 0.25) is 0 Å². The van der Waals surface area contributed by atoms with E-state index in [1.54, 1.807) is 17.0 Å². The Labute approximate surface area is 194 Å². The summed E-state index contributed by atoms with van der Waals surface area (Å²) in [5, 5.41) is 0. The number of likely N-dealkylation sites (tertiary alicyclic amines) is 1. The zero-order valence-corrected chi connectivity index (χ0v) is 19.6. The van der Waals surface area contributed by atoms with Gasteiger partial charge in [-0.3, -0.25) is 9.59 Å². The molecule has 178 valence electrons. The number of hydrogen-bond acceptors (Lipinski definition) is 6. The number of sulfonamides is 1. The lowest BCUT2D eigenvalue weighted by atomic mass is 9.96. The summed E-state index contributed by atoms with van der Waals surface area (Å²) in [5.41, 5.74) is 6.12. The zero-order chi connectivity index (χ0) is 24.0. The predicted molar refractivity (Wildman–Crippen MR) is 122 cm³/mol. The molecule has 1 aliphatic rings. The van der Waals surface area contributed by atoms with Gasteiger partial charge in [0.1, 0.15) is 0 Å². The van der Waals surface area contributed by atoms with E-state index in [-0.39, 0.29) is 41.5 Å². The van der Waals surface area contributed by atoms with Crippen molar-refractivity contribution in [2.45, 2.75) is 24.3 Å². The minimum Gasteiger partial charge on any atom is -0.493 e. The fourth-order valence-corrected chi connectivity index (χ4v) is 5.20. The molecule has 0 spiro atoms. The Morgan fingerprint density at radius 2 is 1.67 bits per heavy atom. The van der Waals surface area contributed by atoms with Crippen molar-refractivity contribution < 1.29 is 27.5 Å². The molecule has 2 aromatic rings. The summed E-state index contributed by atoms with van der Waals surface area (Å²) in [7, 11) is -1.15. The van der Waals surface area contributed by atoms with Gasteiger partial charge in [-0.05, 0) is 30.5 Å². The second-order valence-electron chi connectivity index (χ2n) is 7.83. The number of amides is 2. The van der Waals surface area contributed by atoms with Crippen molar-refractivity contribution in [2.75, 3.05) is 33.9 Å². The van der Waals surface area contributed by atoms with Crippen LogP contribution in [-0.2, 0) is 26.2 Å². The second-order valence-corrected chi connectivity index (χ2v) is 9.77. The Morgan fingerprint density at radius 3 is 2.24 bits per heavy atom. The fourth-order valence-electron chi connectivity index (χ4n) is 3.80. The highest BCUT2D eigenvalue weighted by molar-refractivity contribution is 7.89. The molecule has 0 aromatic heterocycles. The summed E-state index contributed by atoms with van der Waals surface area (Å²) in [6.45, 7) is 0.428. The topological polar surface area (TPSA) is 119 Å². The molecule has 0 unspecified atom stereocenters. The highest BCUT2D eigenvalue weighted by Gasteiger charge is 2.32. The molecule has 1 saturated heterocycles. The average Bonchev–Trinajstić information content (AvgIpc) is 2.83. The highest BCUT2D eigenvalue weighted by atomic mass is 32.2. The number of ether oxygens (including phenoxy) is 2. The predicted octanol–water partition coefficient (Wildman–Crippen LogP) is 1.62. The molecule has 0 aliphatic carbocycles. The third-order valence-corrected chi connectivity index (χ3v) is 7.54. The lowest BCUT2D eigenvalue weighted by Crippen LogP contribution is -2.46. The number of methoxy groups -OCH3 is 2. The lowest BCUT2D eigenvalue weighted by molar-refractivity contribution is -0.135. The van der Waals surface area contributed by atoms with Gasteiger partial charge in [0, 0.05) is 31.6 Å². The number of nitrogens with zero attached hydrogens (tertiary/aromatic N) is 2. The maximum absolute atomic E-state index is 13.6. The van der Waals surface area contributed by atoms with Crippen molar-refractivity contribution in [1.82, 2.24) is 9.21 Å². The van der Waals surface area contributed by atoms with Crippen molar-refractivity contribution in [3.63, 3.8) is 0 Å². The molecule has 0 bridgehead atoms. The van der Waals surface area contributed by atoms with E-state index >= 15 is 0 Å². The summed E-state index contributed by atoms with van der Waals surface area (Å²) in [5.74, 6) is -0.274. The van der Waals surface area contributed by atoms with E-state index in [4.69, 9.17) is 15.2 Å². The summed E-state index contributed by atoms with van der Waals surface area (Å²) in [4.78, 5) is 26.0. The van der Waals surface area contributed by atoms with Gasteiger partial charge in [-0.2, -0.15) is 4.31 Å². The maximum Gasteiger partial charge on any atom is 0.243 e. The molecular weight excluding hydrogens is 446 g/mol. The number of hydrogen-bond donors (Lipinski definition) is 1. The van der Waals surface area contributed by atoms with Crippen LogP contribution in [0.15, 0.2) is 53.4 Å². The smallest absolute Gasteiger partial charge is 0.243 e. The minimum atomic E-state index is -4.04. The van der Waals surface area contributed by atoms with E-state index in [9.17, 15) is 18.0 Å². The van der Waals surface area contributed by atoms with Gasteiger partial charge in [-0.15, -0.1) is 0 Å². The normalized spacial score (nSPS) is 14.8. The molecule has 0 radical (unpaired) electrons. The van der Waals surface area contributed by atoms with Crippen molar-refractivity contribution in [3.8, 4) is 11.5 Å². The molecule has 10 heteroatoms. The highest BCUT2D eigenvalue weighted by Crippen LogP contribution is 2.31. The average molecular weight is 476 g/mol. The van der Waals surface area contributed by atoms with Crippen LogP contribution >= 0.6 is 0 Å². The number of nitrogens with two attached hydrogens (primary N) is 1. The van der Waals surface area contributed by atoms with E-state index in [1.807, 2.05) is 18.2 Å². The van der Waals surface area contributed by atoms with Crippen LogP contribution in [0.4, 0.5) is 0 Å². The van der Waals surface area contributed by atoms with E-state index in [1.165, 1.54) is 32.4 Å². The van der Waals surface area contributed by atoms with E-state index in [2.05, 4.69) is 0 Å². The van der Waals surface area contributed by atoms with Gasteiger partial charge < -0.3 is 20.1 Å². The van der Waals surface area contributed by atoms with Gasteiger partial charge in [0.05, 0.1) is 25.7 Å². The molecule has 1 fully saturated rings. The molecule has 3 rings (SSSR count). The first kappa shape index (κ1) is 24.5. The van der Waals surface area contributed by atoms with Crippen molar-refractivity contribution in [1.29, 1.82) is 0 Å². The van der Waals surface area contributed by atoms with E-state index < -0.39 is 10.0 Å². The number of primary amides is 1. The molecule has 2 amide bonds. The molecule has 2 N–H and O–H groups in total. The first-order chi connectivity index (χ1) is 15.8. The third-order valence-electron chi connectivity index (χ3n) is 5.76. The quantitative estimate of drug-likeness (QED) is 0.589. The zero-order valence-electron chi connectivity index (χ0n) is 18.8. The minimum absolute atomic E-state index is 0.00341. The van der Waals surface area contributed by atoms with Crippen LogP contribution in [0.1, 0.15) is 18.4 Å². The first-order valence-corrected chi connectivity index (χ1v) is 12.0.